The van der Waals surface area contributed by atoms with Crippen LogP contribution >= 0.6 is 0 Å². The average Bonchev–Trinajstić information content (AvgIpc) is 2.96. The summed E-state index contributed by atoms with van der Waals surface area (Å²) in [5.74, 6) is 0.588. The number of rotatable bonds is 3. The van der Waals surface area contributed by atoms with E-state index in [0.717, 1.165) is 27.9 Å². The number of para-hydroxylation sites is 1. The molecule has 0 bridgehead atoms. The highest BCUT2D eigenvalue weighted by Crippen LogP contribution is 2.44. The first-order valence-corrected chi connectivity index (χ1v) is 9.82. The first-order chi connectivity index (χ1) is 14.5. The van der Waals surface area contributed by atoms with Crippen molar-refractivity contribution in [3.63, 3.8) is 0 Å². The molecule has 1 aliphatic rings. The predicted octanol–water partition coefficient (Wildman–Crippen LogP) is 3.86. The van der Waals surface area contributed by atoms with E-state index in [4.69, 9.17) is 0 Å². The largest absolute Gasteiger partial charge is 0.273 e. The van der Waals surface area contributed by atoms with Gasteiger partial charge in [-0.2, -0.15) is 5.10 Å². The highest BCUT2D eigenvalue weighted by Gasteiger charge is 2.44. The number of nitrogens with zero attached hydrogens (tertiary/aromatic N) is 3. The molecule has 0 saturated heterocycles. The summed E-state index contributed by atoms with van der Waals surface area (Å²) in [4.78, 5) is 31.4. The van der Waals surface area contributed by atoms with Crippen molar-refractivity contribution in [2.45, 2.75) is 25.7 Å². The van der Waals surface area contributed by atoms with Crippen LogP contribution in [0.3, 0.4) is 0 Å². The van der Waals surface area contributed by atoms with Gasteiger partial charge in [0.2, 0.25) is 5.91 Å². The molecule has 6 heteroatoms. The van der Waals surface area contributed by atoms with Gasteiger partial charge in [-0.15, -0.1) is 0 Å². The van der Waals surface area contributed by atoms with Gasteiger partial charge < -0.3 is 0 Å². The van der Waals surface area contributed by atoms with Crippen molar-refractivity contribution in [2.24, 2.45) is 0 Å². The van der Waals surface area contributed by atoms with Crippen molar-refractivity contribution < 1.29 is 4.79 Å². The Morgan fingerprint density at radius 1 is 0.967 bits per heavy atom. The van der Waals surface area contributed by atoms with Gasteiger partial charge in [-0.1, -0.05) is 36.4 Å². The van der Waals surface area contributed by atoms with Gasteiger partial charge in [-0.25, -0.2) is 10.1 Å². The lowest BCUT2D eigenvalue weighted by molar-refractivity contribution is -0.121. The van der Waals surface area contributed by atoms with Gasteiger partial charge in [0.05, 0.1) is 22.2 Å². The molecule has 2 aromatic carbocycles. The van der Waals surface area contributed by atoms with E-state index in [-0.39, 0.29) is 11.5 Å². The van der Waals surface area contributed by atoms with Crippen LogP contribution in [0.1, 0.15) is 30.7 Å². The molecule has 0 spiro atoms. The number of hydrogen-bond acceptors (Lipinski definition) is 4. The topological polar surface area (TPSA) is 79.0 Å². The highest BCUT2D eigenvalue weighted by atomic mass is 16.2. The molecular formula is C24H20N4O2. The second kappa shape index (κ2) is 6.62. The van der Waals surface area contributed by atoms with Crippen molar-refractivity contribution in [3.05, 3.63) is 94.0 Å². The molecule has 0 saturated carbocycles. The van der Waals surface area contributed by atoms with Crippen molar-refractivity contribution in [1.82, 2.24) is 15.2 Å². The molecule has 0 fully saturated rings. The van der Waals surface area contributed by atoms with Crippen molar-refractivity contribution in [2.75, 3.05) is 4.90 Å². The number of hydrogen-bond donors (Lipinski definition) is 1. The number of amides is 1. The molecule has 4 aromatic rings. The molecule has 0 unspecified atom stereocenters. The molecule has 1 N–H and O–H groups in total. The summed E-state index contributed by atoms with van der Waals surface area (Å²) >= 11 is 0. The van der Waals surface area contributed by atoms with Crippen LogP contribution < -0.4 is 10.5 Å². The Morgan fingerprint density at radius 2 is 1.70 bits per heavy atom. The van der Waals surface area contributed by atoms with E-state index in [1.165, 1.54) is 0 Å². The quantitative estimate of drug-likeness (QED) is 0.570. The third-order valence-electron chi connectivity index (χ3n) is 5.74. The molecule has 6 nitrogen and oxygen atoms in total. The molecule has 5 rings (SSSR count). The van der Waals surface area contributed by atoms with E-state index < -0.39 is 5.41 Å². The summed E-state index contributed by atoms with van der Waals surface area (Å²) in [5.41, 5.74) is 2.78. The SMILES string of the molecule is CC1(C)C(=O)N(c2cc(Cc3n[nH]c(=O)c4ccccc34)ccn2)c2ccccc21. The maximum Gasteiger partial charge on any atom is 0.272 e. The fourth-order valence-corrected chi connectivity index (χ4v) is 4.12. The van der Waals surface area contributed by atoms with Crippen molar-refractivity contribution >= 4 is 28.2 Å². The van der Waals surface area contributed by atoms with Gasteiger partial charge in [0, 0.05) is 18.0 Å². The van der Waals surface area contributed by atoms with Gasteiger partial charge in [0.1, 0.15) is 5.82 Å². The van der Waals surface area contributed by atoms with Crippen LogP contribution in [0.25, 0.3) is 10.8 Å². The summed E-state index contributed by atoms with van der Waals surface area (Å²) in [5, 5.41) is 8.28. The second-order valence-electron chi connectivity index (χ2n) is 8.03. The minimum absolute atomic E-state index is 0.000894. The Morgan fingerprint density at radius 3 is 2.53 bits per heavy atom. The van der Waals surface area contributed by atoms with Crippen LogP contribution in [-0.2, 0) is 16.6 Å². The van der Waals surface area contributed by atoms with Gasteiger partial charge in [-0.05, 0) is 49.2 Å². The Kier molecular flexibility index (Phi) is 4.03. The molecule has 1 amide bonds. The molecule has 30 heavy (non-hydrogen) atoms. The average molecular weight is 396 g/mol. The molecule has 3 heterocycles. The molecule has 1 aliphatic heterocycles. The first-order valence-electron chi connectivity index (χ1n) is 9.82. The van der Waals surface area contributed by atoms with E-state index >= 15 is 0 Å². The molecular weight excluding hydrogens is 376 g/mol. The minimum Gasteiger partial charge on any atom is -0.273 e. The van der Waals surface area contributed by atoms with E-state index in [1.807, 2.05) is 68.4 Å². The number of H-pyrrole nitrogens is 1. The summed E-state index contributed by atoms with van der Waals surface area (Å²) < 4.78 is 0. The van der Waals surface area contributed by atoms with E-state index in [2.05, 4.69) is 15.2 Å². The number of fused-ring (bicyclic) bond motifs is 2. The van der Waals surface area contributed by atoms with Crippen LogP contribution in [-0.4, -0.2) is 21.1 Å². The zero-order valence-electron chi connectivity index (χ0n) is 16.7. The van der Waals surface area contributed by atoms with Gasteiger partial charge in [0.15, 0.2) is 0 Å². The predicted molar refractivity (Wildman–Crippen MR) is 116 cm³/mol. The molecule has 0 aliphatic carbocycles. The van der Waals surface area contributed by atoms with Crippen LogP contribution in [0.4, 0.5) is 11.5 Å². The summed E-state index contributed by atoms with van der Waals surface area (Å²) in [6.45, 7) is 3.88. The maximum atomic E-state index is 13.2. The number of carbonyl (C=O) groups is 1. The van der Waals surface area contributed by atoms with Gasteiger partial charge >= 0.3 is 0 Å². The smallest absolute Gasteiger partial charge is 0.272 e. The highest BCUT2D eigenvalue weighted by molar-refractivity contribution is 6.11. The van der Waals surface area contributed by atoms with E-state index in [9.17, 15) is 9.59 Å². The summed E-state index contributed by atoms with van der Waals surface area (Å²) in [7, 11) is 0. The van der Waals surface area contributed by atoms with Crippen LogP contribution in [0.2, 0.25) is 0 Å². The van der Waals surface area contributed by atoms with E-state index in [1.54, 1.807) is 17.2 Å². The number of aromatic nitrogens is 3. The zero-order valence-corrected chi connectivity index (χ0v) is 16.7. The van der Waals surface area contributed by atoms with Crippen molar-refractivity contribution in [3.8, 4) is 0 Å². The Bertz CT molecular complexity index is 1360. The first kappa shape index (κ1) is 18.2. The standard InChI is InChI=1S/C24H20N4O2/c1-24(2)18-9-5-6-10-20(18)28(23(24)30)21-14-15(11-12-25-21)13-19-16-7-3-4-8-17(16)22(29)27-26-19/h3-12,14H,13H2,1-2H3,(H,27,29). The maximum absolute atomic E-state index is 13.2. The fraction of sp³-hybridized carbons (Fsp3) is 0.167. The lowest BCUT2D eigenvalue weighted by Crippen LogP contribution is -2.33. The second-order valence-corrected chi connectivity index (χ2v) is 8.03. The number of benzene rings is 2. The lowest BCUT2D eigenvalue weighted by atomic mass is 9.86. The van der Waals surface area contributed by atoms with Crippen LogP contribution in [0, 0.1) is 0 Å². The lowest BCUT2D eigenvalue weighted by Gasteiger charge is -2.20. The molecule has 0 radical (unpaired) electrons. The zero-order chi connectivity index (χ0) is 20.9. The number of pyridine rings is 1. The Balaban J connectivity index is 1.56. The fourth-order valence-electron chi connectivity index (χ4n) is 4.12. The van der Waals surface area contributed by atoms with E-state index in [0.29, 0.717) is 17.6 Å². The molecule has 0 atom stereocenters. The number of nitrogens with one attached hydrogen (secondary N) is 1. The third kappa shape index (κ3) is 2.72. The number of aromatic amines is 1. The Hall–Kier alpha value is -3.80. The van der Waals surface area contributed by atoms with Crippen LogP contribution in [0.5, 0.6) is 0 Å². The van der Waals surface area contributed by atoms with Crippen molar-refractivity contribution in [1.29, 1.82) is 0 Å². The summed E-state index contributed by atoms with van der Waals surface area (Å²) in [6, 6.07) is 19.1. The normalized spacial score (nSPS) is 14.9. The minimum atomic E-state index is -0.606. The number of anilines is 2. The third-order valence-corrected chi connectivity index (χ3v) is 5.74. The molecule has 148 valence electrons. The molecule has 2 aromatic heterocycles. The monoisotopic (exact) mass is 396 g/mol. The Labute approximate surface area is 173 Å². The van der Waals surface area contributed by atoms with Crippen LogP contribution in [0.15, 0.2) is 71.7 Å². The van der Waals surface area contributed by atoms with Gasteiger partial charge in [0.25, 0.3) is 5.56 Å². The number of carbonyl (C=O) groups excluding carboxylic acids is 1. The summed E-state index contributed by atoms with van der Waals surface area (Å²) in [6.07, 6.45) is 2.22. The van der Waals surface area contributed by atoms with Gasteiger partial charge in [-0.3, -0.25) is 14.5 Å².